The minimum Gasteiger partial charge on any atom is -0.412 e. The molecule has 0 aliphatic heterocycles. The van der Waals surface area contributed by atoms with E-state index in [1.165, 1.54) is 0 Å². The van der Waals surface area contributed by atoms with E-state index in [-0.39, 0.29) is 5.48 Å². The standard InChI is InChI=1S/C2H5Cl2N.H2O/c1-5-2(3)4;/h2,5H,1H3;1H2. The number of halogens is 2. The van der Waals surface area contributed by atoms with E-state index in [2.05, 4.69) is 5.32 Å². The Morgan fingerprint density at radius 2 is 1.67 bits per heavy atom. The van der Waals surface area contributed by atoms with Crippen molar-refractivity contribution in [1.82, 2.24) is 5.32 Å². The Hall–Kier alpha value is 0.500. The molecule has 2 nitrogen and oxygen atoms in total. The van der Waals surface area contributed by atoms with Gasteiger partial charge in [0, 0.05) is 0 Å². The minimum absolute atomic E-state index is 0. The van der Waals surface area contributed by atoms with Crippen LogP contribution >= 0.6 is 23.2 Å². The molecule has 3 N–H and O–H groups in total. The van der Waals surface area contributed by atoms with Gasteiger partial charge in [-0.15, -0.1) is 0 Å². The summed E-state index contributed by atoms with van der Waals surface area (Å²) in [5, 5.41) is 2.56. The van der Waals surface area contributed by atoms with E-state index in [4.69, 9.17) is 23.2 Å². The van der Waals surface area contributed by atoms with Crippen molar-refractivity contribution in [3.8, 4) is 0 Å². The quantitative estimate of drug-likeness (QED) is 0.400. The van der Waals surface area contributed by atoms with E-state index >= 15 is 0 Å². The molecule has 0 aliphatic carbocycles. The van der Waals surface area contributed by atoms with Gasteiger partial charge in [-0.25, -0.2) is 0 Å². The third kappa shape index (κ3) is 8.82. The van der Waals surface area contributed by atoms with Crippen LogP contribution in [-0.2, 0) is 0 Å². The zero-order chi connectivity index (χ0) is 4.28. The van der Waals surface area contributed by atoms with Crippen LogP contribution in [-0.4, -0.2) is 17.5 Å². The van der Waals surface area contributed by atoms with Crippen LogP contribution in [0.1, 0.15) is 0 Å². The summed E-state index contributed by atoms with van der Waals surface area (Å²) in [5.41, 5.74) is 0. The second kappa shape index (κ2) is 5.50. The molecule has 0 heterocycles. The molecule has 0 saturated heterocycles. The van der Waals surface area contributed by atoms with Gasteiger partial charge in [0.2, 0.25) is 0 Å². The largest absolute Gasteiger partial charge is 0.412 e. The van der Waals surface area contributed by atoms with Crippen molar-refractivity contribution in [1.29, 1.82) is 0 Å². The third-order valence-electron chi connectivity index (χ3n) is 0.218. The Morgan fingerprint density at radius 1 is 1.50 bits per heavy atom. The lowest BCUT2D eigenvalue weighted by Crippen LogP contribution is -2.09. The van der Waals surface area contributed by atoms with Crippen LogP contribution in [0.5, 0.6) is 0 Å². The van der Waals surface area contributed by atoms with E-state index in [1.807, 2.05) is 0 Å². The van der Waals surface area contributed by atoms with Crippen molar-refractivity contribution in [2.75, 3.05) is 7.05 Å². The highest BCUT2D eigenvalue weighted by Crippen LogP contribution is 1.91. The number of hydrogen-bond donors (Lipinski definition) is 1. The lowest BCUT2D eigenvalue weighted by molar-refractivity contribution is 0.824. The van der Waals surface area contributed by atoms with E-state index < -0.39 is 4.96 Å². The molecule has 0 atom stereocenters. The first-order chi connectivity index (χ1) is 2.27. The van der Waals surface area contributed by atoms with Gasteiger partial charge in [-0.3, -0.25) is 5.32 Å². The first-order valence-corrected chi connectivity index (χ1v) is 2.10. The normalized spacial score (nSPS) is 8.00. The van der Waals surface area contributed by atoms with Gasteiger partial charge in [0.05, 0.1) is 0 Å². The topological polar surface area (TPSA) is 43.5 Å². The van der Waals surface area contributed by atoms with E-state index in [9.17, 15) is 0 Å². The zero-order valence-corrected chi connectivity index (χ0v) is 4.85. The molecule has 0 aromatic carbocycles. The summed E-state index contributed by atoms with van der Waals surface area (Å²) >= 11 is 10.2. The molecule has 0 unspecified atom stereocenters. The molecule has 0 spiro atoms. The Kier molecular flexibility index (Phi) is 8.90. The molecule has 0 aliphatic rings. The molecule has 0 radical (unpaired) electrons. The molecule has 4 heteroatoms. The third-order valence-corrected chi connectivity index (χ3v) is 0.655. The number of alkyl halides is 2. The summed E-state index contributed by atoms with van der Waals surface area (Å²) in [6, 6.07) is 0. The second-order valence-corrected chi connectivity index (χ2v) is 1.69. The predicted molar refractivity (Wildman–Crippen MR) is 28.2 cm³/mol. The fourth-order valence-corrected chi connectivity index (χ4v) is 0. The van der Waals surface area contributed by atoms with Crippen LogP contribution in [0.15, 0.2) is 0 Å². The molecule has 0 rings (SSSR count). The predicted octanol–water partition coefficient (Wildman–Crippen LogP) is 0.142. The average Bonchev–Trinajstić information content (AvgIpc) is 1.38. The number of nitrogens with one attached hydrogen (secondary N) is 1. The lowest BCUT2D eigenvalue weighted by Gasteiger charge is -1.89. The Morgan fingerprint density at radius 3 is 1.67 bits per heavy atom. The smallest absolute Gasteiger partial charge is 0.157 e. The van der Waals surface area contributed by atoms with E-state index in [1.54, 1.807) is 7.05 Å². The molecule has 0 aromatic rings. The molecular formula is C2H7Cl2NO. The number of hydrogen-bond acceptors (Lipinski definition) is 1. The average molecular weight is 132 g/mol. The molecule has 0 saturated carbocycles. The second-order valence-electron chi connectivity index (χ2n) is 0.589. The fraction of sp³-hybridized carbons (Fsp3) is 1.00. The van der Waals surface area contributed by atoms with Gasteiger partial charge in [0.25, 0.3) is 0 Å². The molecule has 0 bridgehead atoms. The van der Waals surface area contributed by atoms with Crippen molar-refractivity contribution in [3.05, 3.63) is 0 Å². The van der Waals surface area contributed by atoms with Gasteiger partial charge < -0.3 is 5.48 Å². The first kappa shape index (κ1) is 9.71. The van der Waals surface area contributed by atoms with Crippen molar-refractivity contribution in [2.45, 2.75) is 4.96 Å². The Labute approximate surface area is 46.7 Å². The van der Waals surface area contributed by atoms with Crippen LogP contribution < -0.4 is 5.32 Å². The molecule has 0 fully saturated rings. The molecule has 0 aromatic heterocycles. The van der Waals surface area contributed by atoms with Crippen LogP contribution in [0.25, 0.3) is 0 Å². The maximum atomic E-state index is 5.12. The minimum atomic E-state index is -0.421. The monoisotopic (exact) mass is 131 g/mol. The van der Waals surface area contributed by atoms with E-state index in [0.717, 1.165) is 0 Å². The summed E-state index contributed by atoms with van der Waals surface area (Å²) in [4.78, 5) is -0.421. The lowest BCUT2D eigenvalue weighted by atomic mass is 11.2. The summed E-state index contributed by atoms with van der Waals surface area (Å²) in [6.45, 7) is 0. The molecular weight excluding hydrogens is 125 g/mol. The summed E-state index contributed by atoms with van der Waals surface area (Å²) in [6.07, 6.45) is 0. The van der Waals surface area contributed by atoms with Crippen molar-refractivity contribution >= 4 is 23.2 Å². The van der Waals surface area contributed by atoms with Gasteiger partial charge in [-0.1, -0.05) is 23.2 Å². The van der Waals surface area contributed by atoms with Crippen molar-refractivity contribution < 1.29 is 5.48 Å². The zero-order valence-electron chi connectivity index (χ0n) is 3.33. The van der Waals surface area contributed by atoms with Crippen LogP contribution in [0.3, 0.4) is 0 Å². The maximum absolute atomic E-state index is 5.12. The van der Waals surface area contributed by atoms with Gasteiger partial charge >= 0.3 is 0 Å². The van der Waals surface area contributed by atoms with Crippen molar-refractivity contribution in [2.24, 2.45) is 0 Å². The maximum Gasteiger partial charge on any atom is 0.157 e. The summed E-state index contributed by atoms with van der Waals surface area (Å²) in [5.74, 6) is 0. The summed E-state index contributed by atoms with van der Waals surface area (Å²) in [7, 11) is 1.69. The first-order valence-electron chi connectivity index (χ1n) is 1.23. The summed E-state index contributed by atoms with van der Waals surface area (Å²) < 4.78 is 0. The highest BCUT2D eigenvalue weighted by molar-refractivity contribution is 6.43. The van der Waals surface area contributed by atoms with Crippen LogP contribution in [0.4, 0.5) is 0 Å². The van der Waals surface area contributed by atoms with Gasteiger partial charge in [-0.05, 0) is 7.05 Å². The van der Waals surface area contributed by atoms with Gasteiger partial charge in [-0.2, -0.15) is 0 Å². The number of rotatable bonds is 1. The van der Waals surface area contributed by atoms with Gasteiger partial charge in [0.15, 0.2) is 4.96 Å². The van der Waals surface area contributed by atoms with Crippen LogP contribution in [0, 0.1) is 0 Å². The van der Waals surface area contributed by atoms with Crippen LogP contribution in [0.2, 0.25) is 0 Å². The molecule has 40 valence electrons. The van der Waals surface area contributed by atoms with Gasteiger partial charge in [0.1, 0.15) is 0 Å². The fourth-order valence-electron chi connectivity index (χ4n) is 0. The highest BCUT2D eigenvalue weighted by atomic mass is 35.5. The van der Waals surface area contributed by atoms with E-state index in [0.29, 0.717) is 0 Å². The Bertz CT molecular complexity index is 25.5. The highest BCUT2D eigenvalue weighted by Gasteiger charge is 1.83. The Balaban J connectivity index is 0. The molecule has 6 heavy (non-hydrogen) atoms. The molecule has 0 amide bonds. The SMILES string of the molecule is CNC(Cl)Cl.O. The van der Waals surface area contributed by atoms with Crippen molar-refractivity contribution in [3.63, 3.8) is 0 Å².